The lowest BCUT2D eigenvalue weighted by molar-refractivity contribution is 0.247. The van der Waals surface area contributed by atoms with Crippen LogP contribution >= 0.6 is 11.6 Å². The first kappa shape index (κ1) is 12.4. The molecular weight excluding hydrogens is 262 g/mol. The number of piperazine rings is 1. The van der Waals surface area contributed by atoms with Crippen molar-refractivity contribution in [3.8, 4) is 0 Å². The van der Waals surface area contributed by atoms with Crippen LogP contribution in [-0.2, 0) is 6.54 Å². The number of imidazole rings is 1. The zero-order chi connectivity index (χ0) is 13.1. The molecule has 2 aromatic rings. The second-order valence-corrected chi connectivity index (χ2v) is 5.06. The van der Waals surface area contributed by atoms with Crippen LogP contribution in [0.3, 0.4) is 0 Å². The molecule has 0 amide bonds. The molecule has 2 aromatic heterocycles. The third-order valence-corrected chi connectivity index (χ3v) is 3.65. The van der Waals surface area contributed by atoms with Gasteiger partial charge in [-0.2, -0.15) is 0 Å². The number of nitrogens with zero attached hydrogens (tertiary/aromatic N) is 4. The average Bonchev–Trinajstić information content (AvgIpc) is 2.93. The molecule has 5 nitrogen and oxygen atoms in total. The molecule has 1 aliphatic rings. The molecule has 0 spiro atoms. The number of pyridine rings is 1. The highest BCUT2D eigenvalue weighted by Gasteiger charge is 2.19. The van der Waals surface area contributed by atoms with Crippen LogP contribution in [-0.4, -0.2) is 46.0 Å². The van der Waals surface area contributed by atoms with Gasteiger partial charge in [0.1, 0.15) is 5.82 Å². The van der Waals surface area contributed by atoms with E-state index in [0.29, 0.717) is 0 Å². The monoisotopic (exact) mass is 277 g/mol. The van der Waals surface area contributed by atoms with E-state index >= 15 is 0 Å². The highest BCUT2D eigenvalue weighted by atomic mass is 35.5. The molecule has 1 aliphatic heterocycles. The summed E-state index contributed by atoms with van der Waals surface area (Å²) in [5.74, 6) is 0.894. The van der Waals surface area contributed by atoms with Gasteiger partial charge < -0.3 is 9.88 Å². The molecule has 0 unspecified atom stereocenters. The molecule has 1 N–H and O–H groups in total. The summed E-state index contributed by atoms with van der Waals surface area (Å²) < 4.78 is 0. The number of nitrogens with one attached hydrogen (secondary N) is 1. The average molecular weight is 278 g/mol. The van der Waals surface area contributed by atoms with E-state index in [0.717, 1.165) is 49.3 Å². The van der Waals surface area contributed by atoms with Crippen molar-refractivity contribution in [3.05, 3.63) is 41.6 Å². The Kier molecular flexibility index (Phi) is 3.66. The third-order valence-electron chi connectivity index (χ3n) is 3.36. The van der Waals surface area contributed by atoms with E-state index < -0.39 is 0 Å². The molecule has 0 aromatic carbocycles. The predicted molar refractivity (Wildman–Crippen MR) is 75.3 cm³/mol. The molecular formula is C13H16ClN5. The van der Waals surface area contributed by atoms with Crippen molar-refractivity contribution in [3.63, 3.8) is 0 Å². The maximum Gasteiger partial charge on any atom is 0.147 e. The van der Waals surface area contributed by atoms with Gasteiger partial charge in [0.05, 0.1) is 11.3 Å². The van der Waals surface area contributed by atoms with Crippen molar-refractivity contribution >= 4 is 17.4 Å². The summed E-state index contributed by atoms with van der Waals surface area (Å²) in [6.07, 6.45) is 5.39. The molecule has 0 radical (unpaired) electrons. The third kappa shape index (κ3) is 2.88. The van der Waals surface area contributed by atoms with E-state index in [2.05, 4.69) is 24.8 Å². The largest absolute Gasteiger partial charge is 0.353 e. The Bertz CT molecular complexity index is 520. The van der Waals surface area contributed by atoms with E-state index in [9.17, 15) is 0 Å². The standard InChI is InChI=1S/C13H16ClN5/c14-12-2-1-3-16-13(12)19-6-4-18(5-7-19)9-11-8-15-10-17-11/h1-3,8,10H,4-7,9H2,(H,15,17). The first-order valence-corrected chi connectivity index (χ1v) is 6.76. The van der Waals surface area contributed by atoms with Crippen molar-refractivity contribution in [1.82, 2.24) is 19.9 Å². The van der Waals surface area contributed by atoms with Crippen LogP contribution in [0.5, 0.6) is 0 Å². The van der Waals surface area contributed by atoms with Gasteiger partial charge in [-0.05, 0) is 12.1 Å². The van der Waals surface area contributed by atoms with Crippen LogP contribution in [0.15, 0.2) is 30.9 Å². The molecule has 0 bridgehead atoms. The number of rotatable bonds is 3. The normalized spacial score (nSPS) is 16.8. The molecule has 1 saturated heterocycles. The van der Waals surface area contributed by atoms with Crippen molar-refractivity contribution in [2.45, 2.75) is 6.54 Å². The van der Waals surface area contributed by atoms with E-state index in [1.54, 1.807) is 12.5 Å². The second kappa shape index (κ2) is 5.59. The lowest BCUT2D eigenvalue weighted by Crippen LogP contribution is -2.46. The van der Waals surface area contributed by atoms with Crippen LogP contribution in [0.25, 0.3) is 0 Å². The van der Waals surface area contributed by atoms with E-state index in [1.165, 1.54) is 0 Å². The number of aromatic amines is 1. The van der Waals surface area contributed by atoms with Crippen molar-refractivity contribution in [2.24, 2.45) is 0 Å². The Labute approximate surface area is 117 Å². The van der Waals surface area contributed by atoms with E-state index in [-0.39, 0.29) is 0 Å². The number of aromatic nitrogens is 3. The summed E-state index contributed by atoms with van der Waals surface area (Å²) in [6.45, 7) is 4.83. The summed E-state index contributed by atoms with van der Waals surface area (Å²) in [5, 5.41) is 0.726. The van der Waals surface area contributed by atoms with Crippen LogP contribution < -0.4 is 4.90 Å². The van der Waals surface area contributed by atoms with Gasteiger partial charge in [-0.15, -0.1) is 0 Å². The summed E-state index contributed by atoms with van der Waals surface area (Å²) in [5.41, 5.74) is 1.16. The smallest absolute Gasteiger partial charge is 0.147 e. The second-order valence-electron chi connectivity index (χ2n) is 4.65. The Morgan fingerprint density at radius 1 is 1.26 bits per heavy atom. The Morgan fingerprint density at radius 3 is 2.79 bits per heavy atom. The van der Waals surface area contributed by atoms with Crippen LogP contribution in [0, 0.1) is 0 Å². The molecule has 0 aliphatic carbocycles. The van der Waals surface area contributed by atoms with Crippen LogP contribution in [0.2, 0.25) is 5.02 Å². The number of hydrogen-bond acceptors (Lipinski definition) is 4. The van der Waals surface area contributed by atoms with Gasteiger partial charge in [0.15, 0.2) is 0 Å². The fraction of sp³-hybridized carbons (Fsp3) is 0.385. The summed E-state index contributed by atoms with van der Waals surface area (Å²) >= 11 is 6.18. The topological polar surface area (TPSA) is 48.1 Å². The lowest BCUT2D eigenvalue weighted by atomic mass is 10.3. The van der Waals surface area contributed by atoms with Crippen LogP contribution in [0.4, 0.5) is 5.82 Å². The maximum atomic E-state index is 6.18. The molecule has 3 heterocycles. The molecule has 1 fully saturated rings. The lowest BCUT2D eigenvalue weighted by Gasteiger charge is -2.35. The first-order valence-electron chi connectivity index (χ1n) is 6.38. The fourth-order valence-corrected chi connectivity index (χ4v) is 2.58. The molecule has 19 heavy (non-hydrogen) atoms. The minimum atomic E-state index is 0.726. The minimum absolute atomic E-state index is 0.726. The zero-order valence-corrected chi connectivity index (χ0v) is 11.3. The highest BCUT2D eigenvalue weighted by molar-refractivity contribution is 6.32. The van der Waals surface area contributed by atoms with Gasteiger partial charge in [0, 0.05) is 50.8 Å². The summed E-state index contributed by atoms with van der Waals surface area (Å²) in [4.78, 5) is 16.2. The van der Waals surface area contributed by atoms with E-state index in [1.807, 2.05) is 18.3 Å². The van der Waals surface area contributed by atoms with Crippen LogP contribution in [0.1, 0.15) is 5.69 Å². The van der Waals surface area contributed by atoms with Crippen molar-refractivity contribution < 1.29 is 0 Å². The Morgan fingerprint density at radius 2 is 2.11 bits per heavy atom. The quantitative estimate of drug-likeness (QED) is 0.929. The first-order chi connectivity index (χ1) is 9.33. The van der Waals surface area contributed by atoms with Crippen molar-refractivity contribution in [1.29, 1.82) is 0 Å². The molecule has 100 valence electrons. The summed E-state index contributed by atoms with van der Waals surface area (Å²) in [6, 6.07) is 3.75. The zero-order valence-electron chi connectivity index (χ0n) is 10.6. The number of anilines is 1. The molecule has 3 rings (SSSR count). The summed E-state index contributed by atoms with van der Waals surface area (Å²) in [7, 11) is 0. The molecule has 0 saturated carbocycles. The number of hydrogen-bond donors (Lipinski definition) is 1. The van der Waals surface area contributed by atoms with Gasteiger partial charge >= 0.3 is 0 Å². The molecule has 6 heteroatoms. The Balaban J connectivity index is 1.59. The SMILES string of the molecule is Clc1cccnc1N1CCN(Cc2cnc[nH]2)CC1. The maximum absolute atomic E-state index is 6.18. The van der Waals surface area contributed by atoms with Gasteiger partial charge in [-0.3, -0.25) is 4.90 Å². The highest BCUT2D eigenvalue weighted by Crippen LogP contribution is 2.23. The fourth-order valence-electron chi connectivity index (χ4n) is 2.34. The van der Waals surface area contributed by atoms with Gasteiger partial charge in [0.25, 0.3) is 0 Å². The van der Waals surface area contributed by atoms with Gasteiger partial charge in [-0.1, -0.05) is 11.6 Å². The molecule has 0 atom stereocenters. The minimum Gasteiger partial charge on any atom is -0.353 e. The van der Waals surface area contributed by atoms with Crippen molar-refractivity contribution in [2.75, 3.05) is 31.1 Å². The van der Waals surface area contributed by atoms with Gasteiger partial charge in [-0.25, -0.2) is 9.97 Å². The van der Waals surface area contributed by atoms with E-state index in [4.69, 9.17) is 11.6 Å². The predicted octanol–water partition coefficient (Wildman–Crippen LogP) is 1.78. The number of H-pyrrole nitrogens is 1. The Hall–Kier alpha value is -1.59. The number of halogens is 1. The van der Waals surface area contributed by atoms with Gasteiger partial charge in [0.2, 0.25) is 0 Å².